The molecule has 3 nitrogen and oxygen atoms in total. The number of benzene rings is 1. The molecule has 3 rings (SSSR count). The van der Waals surface area contributed by atoms with Crippen LogP contribution in [0.15, 0.2) is 18.2 Å². The van der Waals surface area contributed by atoms with E-state index in [1.807, 2.05) is 0 Å². The van der Waals surface area contributed by atoms with Crippen LogP contribution >= 0.6 is 0 Å². The smallest absolute Gasteiger partial charge is 0.157 e. The van der Waals surface area contributed by atoms with E-state index in [9.17, 15) is 0 Å². The third-order valence-electron chi connectivity index (χ3n) is 2.99. The van der Waals surface area contributed by atoms with Crippen LogP contribution in [-0.4, -0.2) is 14.6 Å². The highest BCUT2D eigenvalue weighted by atomic mass is 15.3. The molecule has 0 bridgehead atoms. The number of aryl methyl sites for hydroxylation is 3. The van der Waals surface area contributed by atoms with Crippen LogP contribution in [0.5, 0.6) is 0 Å². The largest absolute Gasteiger partial charge is 0.296 e. The number of H-pyrrole nitrogens is 1. The highest BCUT2D eigenvalue weighted by Crippen LogP contribution is 2.21. The number of nitrogens with one attached hydrogen (secondary N) is 1. The van der Waals surface area contributed by atoms with Crippen LogP contribution in [0, 0.1) is 20.8 Å². The Bertz CT molecular complexity index is 658. The lowest BCUT2D eigenvalue weighted by Crippen LogP contribution is -1.83. The van der Waals surface area contributed by atoms with Crippen molar-refractivity contribution in [1.29, 1.82) is 0 Å². The van der Waals surface area contributed by atoms with E-state index in [1.54, 1.807) is 0 Å². The standard InChI is InChI=1S/C12H13N3/c1-7-4-5-11-10(6-7)13-12-8(2)9(3)14-15(11)12/h4-6,14H,1-3H3. The van der Waals surface area contributed by atoms with Gasteiger partial charge in [0.1, 0.15) is 0 Å². The summed E-state index contributed by atoms with van der Waals surface area (Å²) in [5.41, 5.74) is 6.89. The first-order chi connectivity index (χ1) is 7.16. The first-order valence-electron chi connectivity index (χ1n) is 5.11. The fourth-order valence-corrected chi connectivity index (χ4v) is 1.97. The SMILES string of the molecule is Cc1ccc2c(c1)nc1c(C)c(C)[nH]n12. The van der Waals surface area contributed by atoms with Crippen molar-refractivity contribution < 1.29 is 0 Å². The maximum absolute atomic E-state index is 4.63. The molecule has 0 saturated carbocycles. The minimum atomic E-state index is 1.04. The molecule has 3 heteroatoms. The maximum atomic E-state index is 4.63. The molecular formula is C12H13N3. The average molecular weight is 199 g/mol. The molecule has 15 heavy (non-hydrogen) atoms. The van der Waals surface area contributed by atoms with Crippen LogP contribution in [0.3, 0.4) is 0 Å². The first kappa shape index (κ1) is 8.53. The molecule has 0 amide bonds. The maximum Gasteiger partial charge on any atom is 0.157 e. The zero-order valence-corrected chi connectivity index (χ0v) is 9.13. The summed E-state index contributed by atoms with van der Waals surface area (Å²) in [7, 11) is 0. The lowest BCUT2D eigenvalue weighted by Gasteiger charge is -1.92. The fraction of sp³-hybridized carbons (Fsp3) is 0.250. The molecule has 2 heterocycles. The molecule has 0 unspecified atom stereocenters. The van der Waals surface area contributed by atoms with Gasteiger partial charge in [0.25, 0.3) is 0 Å². The first-order valence-corrected chi connectivity index (χ1v) is 5.11. The van der Waals surface area contributed by atoms with Gasteiger partial charge in [-0.2, -0.15) is 0 Å². The number of imidazole rings is 1. The Balaban J connectivity index is 2.54. The summed E-state index contributed by atoms with van der Waals surface area (Å²) in [6.07, 6.45) is 0. The summed E-state index contributed by atoms with van der Waals surface area (Å²) in [5, 5.41) is 3.32. The van der Waals surface area contributed by atoms with Crippen LogP contribution in [0.25, 0.3) is 16.7 Å². The molecule has 0 aliphatic heterocycles. The Morgan fingerprint density at radius 2 is 2.00 bits per heavy atom. The van der Waals surface area contributed by atoms with E-state index in [0.29, 0.717) is 0 Å². The third-order valence-corrected chi connectivity index (χ3v) is 2.99. The van der Waals surface area contributed by atoms with E-state index in [2.05, 4.69) is 53.6 Å². The number of hydrogen-bond acceptors (Lipinski definition) is 1. The molecule has 0 saturated heterocycles. The van der Waals surface area contributed by atoms with Crippen molar-refractivity contribution in [2.24, 2.45) is 0 Å². The van der Waals surface area contributed by atoms with Gasteiger partial charge in [-0.15, -0.1) is 0 Å². The summed E-state index contributed by atoms with van der Waals surface area (Å²) < 4.78 is 2.06. The second-order valence-corrected chi connectivity index (χ2v) is 4.12. The van der Waals surface area contributed by atoms with Crippen LogP contribution < -0.4 is 0 Å². The van der Waals surface area contributed by atoms with E-state index in [0.717, 1.165) is 16.7 Å². The van der Waals surface area contributed by atoms with Crippen LogP contribution in [0.4, 0.5) is 0 Å². The van der Waals surface area contributed by atoms with Crippen molar-refractivity contribution in [2.45, 2.75) is 20.8 Å². The summed E-state index contributed by atoms with van der Waals surface area (Å²) in [4.78, 5) is 4.63. The van der Waals surface area contributed by atoms with Crippen LogP contribution in [0.1, 0.15) is 16.8 Å². The van der Waals surface area contributed by atoms with Crippen molar-refractivity contribution >= 4 is 16.7 Å². The zero-order chi connectivity index (χ0) is 10.6. The number of fused-ring (bicyclic) bond motifs is 3. The number of aromatic amines is 1. The summed E-state index contributed by atoms with van der Waals surface area (Å²) in [5.74, 6) is 0. The summed E-state index contributed by atoms with van der Waals surface area (Å²) in [6.45, 7) is 6.26. The third kappa shape index (κ3) is 1.03. The summed E-state index contributed by atoms with van der Waals surface area (Å²) >= 11 is 0. The number of hydrogen-bond donors (Lipinski definition) is 1. The number of nitrogens with zero attached hydrogens (tertiary/aromatic N) is 2. The van der Waals surface area contributed by atoms with Crippen molar-refractivity contribution in [2.75, 3.05) is 0 Å². The van der Waals surface area contributed by atoms with E-state index in [1.165, 1.54) is 16.8 Å². The second kappa shape index (κ2) is 2.63. The van der Waals surface area contributed by atoms with Gasteiger partial charge in [0.05, 0.1) is 11.0 Å². The fourth-order valence-electron chi connectivity index (χ4n) is 1.97. The molecule has 0 aliphatic carbocycles. The molecule has 0 aliphatic rings. The Kier molecular flexibility index (Phi) is 1.49. The van der Waals surface area contributed by atoms with Gasteiger partial charge in [0.2, 0.25) is 0 Å². The van der Waals surface area contributed by atoms with E-state index in [4.69, 9.17) is 0 Å². The van der Waals surface area contributed by atoms with Crippen LogP contribution in [-0.2, 0) is 0 Å². The van der Waals surface area contributed by atoms with E-state index >= 15 is 0 Å². The van der Waals surface area contributed by atoms with Gasteiger partial charge < -0.3 is 0 Å². The second-order valence-electron chi connectivity index (χ2n) is 4.12. The normalized spacial score (nSPS) is 11.7. The van der Waals surface area contributed by atoms with Crippen LogP contribution in [0.2, 0.25) is 0 Å². The average Bonchev–Trinajstić information content (AvgIpc) is 2.66. The number of aromatic nitrogens is 3. The van der Waals surface area contributed by atoms with Crippen molar-refractivity contribution in [3.63, 3.8) is 0 Å². The minimum Gasteiger partial charge on any atom is -0.296 e. The lowest BCUT2D eigenvalue weighted by molar-refractivity contribution is 0.973. The van der Waals surface area contributed by atoms with Gasteiger partial charge >= 0.3 is 0 Å². The van der Waals surface area contributed by atoms with Crippen molar-refractivity contribution in [3.05, 3.63) is 35.0 Å². The quantitative estimate of drug-likeness (QED) is 0.593. The van der Waals surface area contributed by atoms with Gasteiger partial charge in [-0.05, 0) is 38.5 Å². The molecule has 3 aromatic rings. The van der Waals surface area contributed by atoms with Gasteiger partial charge in [-0.1, -0.05) is 6.07 Å². The van der Waals surface area contributed by atoms with Gasteiger partial charge in [0, 0.05) is 11.3 Å². The molecular weight excluding hydrogens is 186 g/mol. The highest BCUT2D eigenvalue weighted by molar-refractivity contribution is 5.81. The molecule has 0 fully saturated rings. The molecule has 1 N–H and O–H groups in total. The summed E-state index contributed by atoms with van der Waals surface area (Å²) in [6, 6.07) is 6.34. The molecule has 1 aromatic carbocycles. The molecule has 0 spiro atoms. The van der Waals surface area contributed by atoms with Gasteiger partial charge in [-0.3, -0.25) is 5.10 Å². The lowest BCUT2D eigenvalue weighted by atomic mass is 10.2. The Morgan fingerprint density at radius 1 is 1.20 bits per heavy atom. The predicted molar refractivity (Wildman–Crippen MR) is 61.3 cm³/mol. The highest BCUT2D eigenvalue weighted by Gasteiger charge is 2.10. The van der Waals surface area contributed by atoms with Gasteiger partial charge in [0.15, 0.2) is 5.65 Å². The Labute approximate surface area is 87.7 Å². The molecule has 76 valence electrons. The molecule has 0 radical (unpaired) electrons. The molecule has 2 aromatic heterocycles. The zero-order valence-electron chi connectivity index (χ0n) is 9.13. The van der Waals surface area contributed by atoms with Crippen molar-refractivity contribution in [3.8, 4) is 0 Å². The monoisotopic (exact) mass is 199 g/mol. The van der Waals surface area contributed by atoms with Gasteiger partial charge in [-0.25, -0.2) is 9.50 Å². The Morgan fingerprint density at radius 3 is 2.80 bits per heavy atom. The predicted octanol–water partition coefficient (Wildman–Crippen LogP) is 2.74. The topological polar surface area (TPSA) is 33.1 Å². The molecule has 0 atom stereocenters. The van der Waals surface area contributed by atoms with Crippen molar-refractivity contribution in [1.82, 2.24) is 14.6 Å². The minimum absolute atomic E-state index is 1.04. The number of rotatable bonds is 0. The van der Waals surface area contributed by atoms with E-state index in [-0.39, 0.29) is 0 Å². The Hall–Kier alpha value is -1.77. The van der Waals surface area contributed by atoms with E-state index < -0.39 is 0 Å².